The molecule has 0 aliphatic rings. The van der Waals surface area contributed by atoms with Crippen molar-refractivity contribution in [3.05, 3.63) is 36.2 Å². The van der Waals surface area contributed by atoms with Crippen LogP contribution in [0, 0.1) is 12.8 Å². The molecule has 1 rings (SSSR count). The van der Waals surface area contributed by atoms with Crippen LogP contribution < -0.4 is 10.6 Å². The Labute approximate surface area is 132 Å². The number of pyridine rings is 1. The Balaban J connectivity index is 2.75. The van der Waals surface area contributed by atoms with Gasteiger partial charge in [0.1, 0.15) is 11.9 Å². The van der Waals surface area contributed by atoms with E-state index >= 15 is 0 Å². The van der Waals surface area contributed by atoms with Crippen LogP contribution in [0.5, 0.6) is 0 Å². The molecule has 0 bridgehead atoms. The molecule has 1 unspecified atom stereocenters. The zero-order chi connectivity index (χ0) is 17.6. The molecule has 5 nitrogen and oxygen atoms in total. The number of hydrogen-bond donors (Lipinski definition) is 2. The molecule has 1 atom stereocenters. The number of halogens is 3. The topological polar surface area (TPSA) is 71.1 Å². The number of alkyl halides is 3. The lowest BCUT2D eigenvalue weighted by molar-refractivity contribution is -0.165. The van der Waals surface area contributed by atoms with Gasteiger partial charge >= 0.3 is 6.18 Å². The average molecular weight is 329 g/mol. The van der Waals surface area contributed by atoms with Crippen LogP contribution in [0.3, 0.4) is 0 Å². The lowest BCUT2D eigenvalue weighted by atomic mass is 10.0. The van der Waals surface area contributed by atoms with E-state index in [1.54, 1.807) is 32.9 Å². The van der Waals surface area contributed by atoms with Gasteiger partial charge in [0.2, 0.25) is 5.91 Å². The summed E-state index contributed by atoms with van der Waals surface area (Å²) in [7, 11) is 0. The number of nitrogens with one attached hydrogen (secondary N) is 2. The molecule has 0 aromatic carbocycles. The fourth-order valence-corrected chi connectivity index (χ4v) is 1.70. The highest BCUT2D eigenvalue weighted by atomic mass is 19.4. The third-order valence-corrected chi connectivity index (χ3v) is 2.99. The highest BCUT2D eigenvalue weighted by Gasteiger charge is 2.36. The number of ketones is 1. The Morgan fingerprint density at radius 1 is 1.30 bits per heavy atom. The maximum atomic E-state index is 12.2. The van der Waals surface area contributed by atoms with Gasteiger partial charge < -0.3 is 10.6 Å². The van der Waals surface area contributed by atoms with Crippen LogP contribution >= 0.6 is 0 Å². The number of hydrogen-bond acceptors (Lipinski definition) is 4. The second-order valence-electron chi connectivity index (χ2n) is 5.24. The standard InChI is InChI=1S/C15H18F3N3O2/c1-9(2)12(19-8-6-11(22)15(16,17)18)14(23)21-13-10(3)5-4-7-20-13/h4-9,12,19H,1-3H3,(H,20,21,23)/b8-6+. The predicted molar refractivity (Wildman–Crippen MR) is 79.6 cm³/mol. The first kappa shape index (κ1) is 18.7. The Hall–Kier alpha value is -2.38. The number of anilines is 1. The van der Waals surface area contributed by atoms with Crippen LogP contribution in [0.1, 0.15) is 19.4 Å². The minimum Gasteiger partial charge on any atom is -0.379 e. The Bertz CT molecular complexity index is 598. The van der Waals surface area contributed by atoms with E-state index in [9.17, 15) is 22.8 Å². The molecule has 8 heteroatoms. The molecule has 0 saturated heterocycles. The SMILES string of the molecule is Cc1cccnc1NC(=O)C(N/C=C/C(=O)C(F)(F)F)C(C)C. The Morgan fingerprint density at radius 2 is 1.96 bits per heavy atom. The minimum atomic E-state index is -4.93. The lowest BCUT2D eigenvalue weighted by Gasteiger charge is -2.20. The number of aromatic nitrogens is 1. The third-order valence-electron chi connectivity index (χ3n) is 2.99. The second kappa shape index (κ2) is 7.75. The normalized spacial score (nSPS) is 13.2. The van der Waals surface area contributed by atoms with Crippen molar-refractivity contribution >= 4 is 17.5 Å². The van der Waals surface area contributed by atoms with E-state index in [4.69, 9.17) is 0 Å². The molecule has 2 N–H and O–H groups in total. The molecule has 0 fully saturated rings. The van der Waals surface area contributed by atoms with Gasteiger partial charge in [-0.2, -0.15) is 13.2 Å². The minimum absolute atomic E-state index is 0.218. The highest BCUT2D eigenvalue weighted by molar-refractivity contribution is 5.96. The maximum absolute atomic E-state index is 12.2. The monoisotopic (exact) mass is 329 g/mol. The number of nitrogens with zero attached hydrogens (tertiary/aromatic N) is 1. The van der Waals surface area contributed by atoms with Crippen molar-refractivity contribution < 1.29 is 22.8 Å². The van der Waals surface area contributed by atoms with E-state index in [1.807, 2.05) is 0 Å². The van der Waals surface area contributed by atoms with Crippen molar-refractivity contribution in [1.29, 1.82) is 0 Å². The summed E-state index contributed by atoms with van der Waals surface area (Å²) in [5.41, 5.74) is 0.756. The van der Waals surface area contributed by atoms with Crippen molar-refractivity contribution in [2.75, 3.05) is 5.32 Å². The van der Waals surface area contributed by atoms with Crippen LogP contribution in [-0.4, -0.2) is 28.9 Å². The van der Waals surface area contributed by atoms with Gasteiger partial charge in [-0.1, -0.05) is 19.9 Å². The number of carbonyl (C=O) groups excluding carboxylic acids is 2. The Morgan fingerprint density at radius 3 is 2.48 bits per heavy atom. The van der Waals surface area contributed by atoms with Gasteiger partial charge in [-0.3, -0.25) is 9.59 Å². The molecule has 0 saturated carbocycles. The van der Waals surface area contributed by atoms with Gasteiger partial charge in [0, 0.05) is 18.5 Å². The quantitative estimate of drug-likeness (QED) is 0.787. The first-order chi connectivity index (χ1) is 10.6. The molecule has 0 aliphatic heterocycles. The maximum Gasteiger partial charge on any atom is 0.454 e. The molecule has 1 aromatic rings. The Kier molecular flexibility index (Phi) is 6.29. The molecule has 23 heavy (non-hydrogen) atoms. The summed E-state index contributed by atoms with van der Waals surface area (Å²) in [5.74, 6) is -2.29. The summed E-state index contributed by atoms with van der Waals surface area (Å²) in [6.45, 7) is 5.21. The van der Waals surface area contributed by atoms with E-state index in [-0.39, 0.29) is 5.92 Å². The molecule has 0 radical (unpaired) electrons. The molecule has 126 valence electrons. The molecule has 0 spiro atoms. The molecule has 1 amide bonds. The van der Waals surface area contributed by atoms with Crippen molar-refractivity contribution in [3.8, 4) is 0 Å². The summed E-state index contributed by atoms with van der Waals surface area (Å²) in [5, 5.41) is 5.13. The number of carbonyl (C=O) groups is 2. The number of rotatable bonds is 6. The first-order valence-corrected chi connectivity index (χ1v) is 6.89. The van der Waals surface area contributed by atoms with Crippen LogP contribution in [0.15, 0.2) is 30.6 Å². The number of aryl methyl sites for hydroxylation is 1. The fourth-order valence-electron chi connectivity index (χ4n) is 1.70. The summed E-state index contributed by atoms with van der Waals surface area (Å²) < 4.78 is 36.3. The second-order valence-corrected chi connectivity index (χ2v) is 5.24. The first-order valence-electron chi connectivity index (χ1n) is 6.89. The summed E-state index contributed by atoms with van der Waals surface area (Å²) in [4.78, 5) is 27.0. The van der Waals surface area contributed by atoms with E-state index < -0.39 is 23.9 Å². The van der Waals surface area contributed by atoms with Gasteiger partial charge in [0.15, 0.2) is 0 Å². The van der Waals surface area contributed by atoms with E-state index in [0.29, 0.717) is 11.9 Å². The zero-order valence-electron chi connectivity index (χ0n) is 12.9. The van der Waals surface area contributed by atoms with Crippen molar-refractivity contribution in [2.45, 2.75) is 33.0 Å². The van der Waals surface area contributed by atoms with Gasteiger partial charge in [0.05, 0.1) is 0 Å². The summed E-state index contributed by atoms with van der Waals surface area (Å²) in [6, 6.07) is 2.67. The van der Waals surface area contributed by atoms with Crippen molar-refractivity contribution in [3.63, 3.8) is 0 Å². The number of allylic oxidation sites excluding steroid dienone is 1. The lowest BCUT2D eigenvalue weighted by Crippen LogP contribution is -2.42. The molecule has 0 aliphatic carbocycles. The van der Waals surface area contributed by atoms with E-state index in [2.05, 4.69) is 15.6 Å². The summed E-state index contributed by atoms with van der Waals surface area (Å²) in [6.07, 6.45) is -2.22. The van der Waals surface area contributed by atoms with E-state index in [0.717, 1.165) is 11.8 Å². The predicted octanol–water partition coefficient (Wildman–Crippen LogP) is 2.59. The van der Waals surface area contributed by atoms with Crippen molar-refractivity contribution in [2.24, 2.45) is 5.92 Å². The van der Waals surface area contributed by atoms with Gasteiger partial charge in [-0.05, 0) is 24.5 Å². The molecular formula is C15H18F3N3O2. The highest BCUT2D eigenvalue weighted by Crippen LogP contribution is 2.16. The fraction of sp³-hybridized carbons (Fsp3) is 0.400. The van der Waals surface area contributed by atoms with Crippen LogP contribution in [0.4, 0.5) is 19.0 Å². The van der Waals surface area contributed by atoms with Crippen LogP contribution in [-0.2, 0) is 9.59 Å². The molecule has 1 heterocycles. The van der Waals surface area contributed by atoms with Gasteiger partial charge in [0.25, 0.3) is 5.78 Å². The zero-order valence-corrected chi connectivity index (χ0v) is 12.9. The third kappa shape index (κ3) is 5.72. The van der Waals surface area contributed by atoms with Crippen LogP contribution in [0.2, 0.25) is 0 Å². The summed E-state index contributed by atoms with van der Waals surface area (Å²) >= 11 is 0. The van der Waals surface area contributed by atoms with Crippen molar-refractivity contribution in [1.82, 2.24) is 10.3 Å². The number of amides is 1. The van der Waals surface area contributed by atoms with Gasteiger partial charge in [-0.15, -0.1) is 0 Å². The van der Waals surface area contributed by atoms with E-state index in [1.165, 1.54) is 6.20 Å². The molecule has 1 aromatic heterocycles. The smallest absolute Gasteiger partial charge is 0.379 e. The van der Waals surface area contributed by atoms with Crippen LogP contribution in [0.25, 0.3) is 0 Å². The largest absolute Gasteiger partial charge is 0.454 e. The van der Waals surface area contributed by atoms with Gasteiger partial charge in [-0.25, -0.2) is 4.98 Å². The molecular weight excluding hydrogens is 311 g/mol. The average Bonchev–Trinajstić information content (AvgIpc) is 2.44.